The van der Waals surface area contributed by atoms with Gasteiger partial charge in [-0.25, -0.2) is 0 Å². The third kappa shape index (κ3) is 3.81. The van der Waals surface area contributed by atoms with Gasteiger partial charge in [0.1, 0.15) is 0 Å². The number of benzene rings is 1. The van der Waals surface area contributed by atoms with Crippen LogP contribution in [0.5, 0.6) is 0 Å². The molecular weight excluding hydrogens is 248 g/mol. The highest BCUT2D eigenvalue weighted by molar-refractivity contribution is 5.30. The molecule has 1 aliphatic rings. The molecule has 3 nitrogen and oxygen atoms in total. The minimum Gasteiger partial charge on any atom is -0.396 e. The second kappa shape index (κ2) is 6.70. The van der Waals surface area contributed by atoms with Crippen molar-refractivity contribution in [2.75, 3.05) is 40.3 Å². The molecule has 20 heavy (non-hydrogen) atoms. The van der Waals surface area contributed by atoms with E-state index in [0.29, 0.717) is 18.4 Å². The Hall–Kier alpha value is -0.900. The summed E-state index contributed by atoms with van der Waals surface area (Å²) in [7, 11) is 4.22. The van der Waals surface area contributed by atoms with E-state index in [9.17, 15) is 5.11 Å². The second-order valence-corrected chi connectivity index (χ2v) is 6.59. The maximum Gasteiger partial charge on any atom is 0.0475 e. The Bertz CT molecular complexity index is 445. The molecule has 0 aromatic heterocycles. The van der Waals surface area contributed by atoms with E-state index in [2.05, 4.69) is 55.9 Å². The van der Waals surface area contributed by atoms with Gasteiger partial charge in [-0.2, -0.15) is 0 Å². The molecule has 0 saturated carbocycles. The standard InChI is InChI=1S/C17H28N2O/c1-13-5-6-15(14(2)7-13)9-19-10-16(8-18(3)4)17(11-19)12-20/h5-7,16-17,20H,8-12H2,1-4H3/t16-,17-/m1/s1. The van der Waals surface area contributed by atoms with Crippen LogP contribution in [0.25, 0.3) is 0 Å². The van der Waals surface area contributed by atoms with E-state index in [-0.39, 0.29) is 0 Å². The molecular formula is C17H28N2O. The maximum absolute atomic E-state index is 9.58. The normalized spacial score (nSPS) is 23.7. The quantitative estimate of drug-likeness (QED) is 0.890. The van der Waals surface area contributed by atoms with E-state index in [1.54, 1.807) is 0 Å². The fraction of sp³-hybridized carbons (Fsp3) is 0.647. The Morgan fingerprint density at radius 1 is 1.20 bits per heavy atom. The fourth-order valence-electron chi connectivity index (χ4n) is 3.31. The molecule has 1 aliphatic heterocycles. The average Bonchev–Trinajstić information content (AvgIpc) is 2.74. The summed E-state index contributed by atoms with van der Waals surface area (Å²) in [5, 5.41) is 9.58. The van der Waals surface area contributed by atoms with Crippen molar-refractivity contribution in [1.29, 1.82) is 0 Å². The van der Waals surface area contributed by atoms with E-state index in [0.717, 1.165) is 26.2 Å². The summed E-state index contributed by atoms with van der Waals surface area (Å²) in [5.74, 6) is 1.00. The lowest BCUT2D eigenvalue weighted by molar-refractivity contribution is 0.183. The minimum absolute atomic E-state index is 0.307. The lowest BCUT2D eigenvalue weighted by Gasteiger charge is -2.20. The average molecular weight is 276 g/mol. The Morgan fingerprint density at radius 3 is 2.50 bits per heavy atom. The Morgan fingerprint density at radius 2 is 1.90 bits per heavy atom. The van der Waals surface area contributed by atoms with Gasteiger partial charge in [-0.15, -0.1) is 0 Å². The van der Waals surface area contributed by atoms with Crippen LogP contribution >= 0.6 is 0 Å². The van der Waals surface area contributed by atoms with Crippen molar-refractivity contribution in [3.8, 4) is 0 Å². The zero-order valence-corrected chi connectivity index (χ0v) is 13.3. The lowest BCUT2D eigenvalue weighted by atomic mass is 9.97. The second-order valence-electron chi connectivity index (χ2n) is 6.59. The highest BCUT2D eigenvalue weighted by Gasteiger charge is 2.32. The summed E-state index contributed by atoms with van der Waals surface area (Å²) in [6.07, 6.45) is 0. The van der Waals surface area contributed by atoms with Gasteiger partial charge >= 0.3 is 0 Å². The Balaban J connectivity index is 2.00. The first kappa shape index (κ1) is 15.5. The number of likely N-dealkylation sites (tertiary alicyclic amines) is 1. The molecule has 1 aromatic rings. The smallest absolute Gasteiger partial charge is 0.0475 e. The molecule has 1 fully saturated rings. The van der Waals surface area contributed by atoms with Crippen LogP contribution < -0.4 is 0 Å². The summed E-state index contributed by atoms with van der Waals surface area (Å²) in [6.45, 7) is 8.82. The first-order valence-electron chi connectivity index (χ1n) is 7.53. The predicted molar refractivity (Wildman–Crippen MR) is 83.8 cm³/mol. The van der Waals surface area contributed by atoms with Crippen molar-refractivity contribution >= 4 is 0 Å². The van der Waals surface area contributed by atoms with Crippen molar-refractivity contribution in [3.63, 3.8) is 0 Å². The Kier molecular flexibility index (Phi) is 5.19. The van der Waals surface area contributed by atoms with E-state index >= 15 is 0 Å². The van der Waals surface area contributed by atoms with Gasteiger partial charge in [0.2, 0.25) is 0 Å². The topological polar surface area (TPSA) is 26.7 Å². The molecule has 3 heteroatoms. The van der Waals surface area contributed by atoms with Crippen molar-refractivity contribution < 1.29 is 5.11 Å². The van der Waals surface area contributed by atoms with Gasteiger partial charge in [0, 0.05) is 32.8 Å². The molecule has 2 atom stereocenters. The van der Waals surface area contributed by atoms with E-state index in [1.807, 2.05) is 0 Å². The van der Waals surface area contributed by atoms with Gasteiger partial charge in [-0.05, 0) is 50.9 Å². The van der Waals surface area contributed by atoms with Crippen LogP contribution in [0.15, 0.2) is 18.2 Å². The lowest BCUT2D eigenvalue weighted by Crippen LogP contribution is -2.28. The van der Waals surface area contributed by atoms with Crippen LogP contribution in [0, 0.1) is 25.7 Å². The van der Waals surface area contributed by atoms with Gasteiger partial charge in [0.25, 0.3) is 0 Å². The van der Waals surface area contributed by atoms with Crippen LogP contribution in [0.1, 0.15) is 16.7 Å². The number of nitrogens with zero attached hydrogens (tertiary/aromatic N) is 2. The van der Waals surface area contributed by atoms with Crippen molar-refractivity contribution in [1.82, 2.24) is 9.80 Å². The third-order valence-electron chi connectivity index (χ3n) is 4.38. The molecule has 2 rings (SSSR count). The summed E-state index contributed by atoms with van der Waals surface area (Å²) in [6, 6.07) is 6.70. The van der Waals surface area contributed by atoms with Crippen molar-refractivity contribution in [2.24, 2.45) is 11.8 Å². The SMILES string of the molecule is Cc1ccc(CN2C[C@@H](CN(C)C)[C@@H](CO)C2)c(C)c1. The molecule has 112 valence electrons. The van der Waals surface area contributed by atoms with Gasteiger partial charge < -0.3 is 10.0 Å². The minimum atomic E-state index is 0.307. The molecule has 0 aliphatic carbocycles. The highest BCUT2D eigenvalue weighted by atomic mass is 16.3. The summed E-state index contributed by atoms with van der Waals surface area (Å²) in [4.78, 5) is 4.72. The van der Waals surface area contributed by atoms with E-state index in [4.69, 9.17) is 0 Å². The maximum atomic E-state index is 9.58. The molecule has 1 heterocycles. The van der Waals surface area contributed by atoms with Gasteiger partial charge in [0.15, 0.2) is 0 Å². The molecule has 1 N–H and O–H groups in total. The number of hydrogen-bond acceptors (Lipinski definition) is 3. The molecule has 0 amide bonds. The van der Waals surface area contributed by atoms with Gasteiger partial charge in [-0.1, -0.05) is 23.8 Å². The molecule has 0 unspecified atom stereocenters. The predicted octanol–water partition coefficient (Wildman–Crippen LogP) is 1.91. The van der Waals surface area contributed by atoms with Gasteiger partial charge in [0.05, 0.1) is 0 Å². The van der Waals surface area contributed by atoms with Crippen LogP contribution in [0.2, 0.25) is 0 Å². The number of rotatable bonds is 5. The monoisotopic (exact) mass is 276 g/mol. The first-order valence-corrected chi connectivity index (χ1v) is 7.53. The Labute approximate surface area is 123 Å². The molecule has 0 radical (unpaired) electrons. The van der Waals surface area contributed by atoms with Gasteiger partial charge in [-0.3, -0.25) is 4.90 Å². The molecule has 1 aromatic carbocycles. The number of hydrogen-bond donors (Lipinski definition) is 1. The van der Waals surface area contributed by atoms with Crippen LogP contribution in [0.3, 0.4) is 0 Å². The summed E-state index contributed by atoms with van der Waals surface area (Å²) < 4.78 is 0. The first-order chi connectivity index (χ1) is 9.49. The fourth-order valence-corrected chi connectivity index (χ4v) is 3.31. The van der Waals surface area contributed by atoms with E-state index in [1.165, 1.54) is 16.7 Å². The van der Waals surface area contributed by atoms with Crippen molar-refractivity contribution in [3.05, 3.63) is 34.9 Å². The molecule has 0 bridgehead atoms. The highest BCUT2D eigenvalue weighted by Crippen LogP contribution is 2.26. The summed E-state index contributed by atoms with van der Waals surface area (Å²) >= 11 is 0. The zero-order chi connectivity index (χ0) is 14.7. The number of aryl methyl sites for hydroxylation is 2. The van der Waals surface area contributed by atoms with Crippen LogP contribution in [0.4, 0.5) is 0 Å². The van der Waals surface area contributed by atoms with Crippen molar-refractivity contribution in [2.45, 2.75) is 20.4 Å². The largest absolute Gasteiger partial charge is 0.396 e. The van der Waals surface area contributed by atoms with E-state index < -0.39 is 0 Å². The zero-order valence-electron chi connectivity index (χ0n) is 13.3. The third-order valence-corrected chi connectivity index (χ3v) is 4.38. The molecule has 1 saturated heterocycles. The van der Waals surface area contributed by atoms with Crippen LogP contribution in [-0.4, -0.2) is 55.2 Å². The summed E-state index contributed by atoms with van der Waals surface area (Å²) in [5.41, 5.74) is 4.12. The molecule has 0 spiro atoms. The number of aliphatic hydroxyl groups excluding tert-OH is 1. The van der Waals surface area contributed by atoms with Crippen LogP contribution in [-0.2, 0) is 6.54 Å². The number of aliphatic hydroxyl groups is 1.